The van der Waals surface area contributed by atoms with Gasteiger partial charge in [0.25, 0.3) is 0 Å². The van der Waals surface area contributed by atoms with E-state index in [0.717, 1.165) is 11.1 Å². The number of aliphatic imine (C=N–C) groups is 1. The van der Waals surface area contributed by atoms with Gasteiger partial charge in [-0.2, -0.15) is 0 Å². The Bertz CT molecular complexity index is 463. The number of nitrogens with zero attached hydrogens (tertiary/aromatic N) is 1. The fraction of sp³-hybridized carbons (Fsp3) is 0.357. The van der Waals surface area contributed by atoms with Gasteiger partial charge in [0, 0.05) is 6.21 Å². The summed E-state index contributed by atoms with van der Waals surface area (Å²) >= 11 is 0. The van der Waals surface area contributed by atoms with Crippen molar-refractivity contribution >= 4 is 16.0 Å². The Morgan fingerprint density at radius 1 is 1.44 bits per heavy atom. The van der Waals surface area contributed by atoms with E-state index in [1.165, 1.54) is 12.1 Å². The van der Waals surface area contributed by atoms with Crippen molar-refractivity contribution < 1.29 is 8.82 Å². The third-order valence-electron chi connectivity index (χ3n) is 2.06. The molecule has 0 bridgehead atoms. The molecule has 0 atom stereocenters. The Balaban J connectivity index is 2.64. The second-order valence-corrected chi connectivity index (χ2v) is 7.02. The average molecular weight is 263 g/mol. The first-order chi connectivity index (χ1) is 8.28. The Morgan fingerprint density at radius 3 is 2.72 bits per heavy atom. The second-order valence-electron chi connectivity index (χ2n) is 5.11. The lowest BCUT2D eigenvalue weighted by Gasteiger charge is -2.15. The van der Waals surface area contributed by atoms with Crippen LogP contribution in [0.5, 0.6) is 0 Å². The number of halogens is 1. The normalized spacial score (nSPS) is 11.8. The lowest BCUT2D eigenvalue weighted by Crippen LogP contribution is -2.11. The molecule has 0 saturated heterocycles. The SMILES string of the molecule is C=C(/N=C/c1cc(F)ccc1C)O[Si]C(C)(C)C. The van der Waals surface area contributed by atoms with E-state index in [0.29, 0.717) is 15.6 Å². The van der Waals surface area contributed by atoms with E-state index in [2.05, 4.69) is 32.3 Å². The highest BCUT2D eigenvalue weighted by Crippen LogP contribution is 2.21. The van der Waals surface area contributed by atoms with Crippen LogP contribution in [0.2, 0.25) is 5.04 Å². The standard InChI is InChI=1S/C14H18FNOSi/c1-10-6-7-13(15)8-12(10)9-16-11(2)17-18-14(3,4)5/h6-9H,2H2,1,3-5H3/b16-9+. The van der Waals surface area contributed by atoms with Gasteiger partial charge in [-0.3, -0.25) is 0 Å². The molecule has 0 spiro atoms. The summed E-state index contributed by atoms with van der Waals surface area (Å²) in [6.45, 7) is 11.9. The predicted molar refractivity (Wildman–Crippen MR) is 74.4 cm³/mol. The second kappa shape index (κ2) is 5.95. The fourth-order valence-corrected chi connectivity index (χ4v) is 1.61. The monoisotopic (exact) mass is 263 g/mol. The zero-order valence-electron chi connectivity index (χ0n) is 11.2. The molecule has 0 amide bonds. The number of aryl methyl sites for hydroxylation is 1. The van der Waals surface area contributed by atoms with Gasteiger partial charge < -0.3 is 4.43 Å². The Hall–Kier alpha value is -1.42. The van der Waals surface area contributed by atoms with Gasteiger partial charge in [-0.15, -0.1) is 0 Å². The van der Waals surface area contributed by atoms with Gasteiger partial charge in [0.15, 0.2) is 5.88 Å². The van der Waals surface area contributed by atoms with Crippen molar-refractivity contribution in [1.29, 1.82) is 0 Å². The van der Waals surface area contributed by atoms with Crippen LogP contribution in [0.3, 0.4) is 0 Å². The van der Waals surface area contributed by atoms with Crippen LogP contribution < -0.4 is 0 Å². The largest absolute Gasteiger partial charge is 0.528 e. The zero-order chi connectivity index (χ0) is 13.8. The summed E-state index contributed by atoms with van der Waals surface area (Å²) in [4.78, 5) is 4.10. The van der Waals surface area contributed by atoms with Crippen molar-refractivity contribution in [3.05, 3.63) is 47.6 Å². The van der Waals surface area contributed by atoms with Gasteiger partial charge in [0.1, 0.15) is 5.82 Å². The molecule has 0 N–H and O–H groups in total. The lowest BCUT2D eigenvalue weighted by atomic mass is 10.1. The minimum Gasteiger partial charge on any atom is -0.528 e. The van der Waals surface area contributed by atoms with Crippen LogP contribution in [0, 0.1) is 12.7 Å². The summed E-state index contributed by atoms with van der Waals surface area (Å²) in [6, 6.07) is 4.59. The third kappa shape index (κ3) is 5.27. The summed E-state index contributed by atoms with van der Waals surface area (Å²) in [5.41, 5.74) is 1.70. The molecule has 1 rings (SSSR count). The van der Waals surface area contributed by atoms with E-state index in [1.807, 2.05) is 6.92 Å². The van der Waals surface area contributed by atoms with Crippen LogP contribution in [-0.2, 0) is 4.43 Å². The van der Waals surface area contributed by atoms with Crippen LogP contribution in [0.4, 0.5) is 4.39 Å². The molecule has 2 radical (unpaired) electrons. The first-order valence-electron chi connectivity index (χ1n) is 5.71. The van der Waals surface area contributed by atoms with Gasteiger partial charge >= 0.3 is 9.76 Å². The van der Waals surface area contributed by atoms with Gasteiger partial charge in [-0.25, -0.2) is 9.38 Å². The van der Waals surface area contributed by atoms with Crippen LogP contribution in [0.1, 0.15) is 31.9 Å². The van der Waals surface area contributed by atoms with Gasteiger partial charge in [-0.1, -0.05) is 26.8 Å². The molecule has 96 valence electrons. The molecule has 18 heavy (non-hydrogen) atoms. The summed E-state index contributed by atoms with van der Waals surface area (Å²) in [5, 5.41) is 0.0905. The molecule has 0 heterocycles. The molecule has 0 aromatic heterocycles. The predicted octanol–water partition coefficient (Wildman–Crippen LogP) is 3.88. The van der Waals surface area contributed by atoms with Crippen molar-refractivity contribution in [3.63, 3.8) is 0 Å². The number of hydrogen-bond donors (Lipinski definition) is 0. The van der Waals surface area contributed by atoms with E-state index in [-0.39, 0.29) is 10.9 Å². The third-order valence-corrected chi connectivity index (χ3v) is 3.01. The zero-order valence-corrected chi connectivity index (χ0v) is 12.2. The van der Waals surface area contributed by atoms with E-state index in [9.17, 15) is 4.39 Å². The summed E-state index contributed by atoms with van der Waals surface area (Å²) in [7, 11) is 0.297. The van der Waals surface area contributed by atoms with Crippen LogP contribution in [-0.4, -0.2) is 16.0 Å². The van der Waals surface area contributed by atoms with Crippen molar-refractivity contribution in [2.45, 2.75) is 32.7 Å². The van der Waals surface area contributed by atoms with E-state index >= 15 is 0 Å². The fourth-order valence-electron chi connectivity index (χ4n) is 1.13. The summed E-state index contributed by atoms with van der Waals surface area (Å²) in [5.74, 6) is 0.0806. The molecule has 0 saturated carbocycles. The van der Waals surface area contributed by atoms with Crippen LogP contribution in [0.15, 0.2) is 35.7 Å². The molecular formula is C14H18FNOSi. The average Bonchev–Trinajstić information content (AvgIpc) is 2.26. The topological polar surface area (TPSA) is 21.6 Å². The van der Waals surface area contributed by atoms with Crippen molar-refractivity contribution in [3.8, 4) is 0 Å². The lowest BCUT2D eigenvalue weighted by molar-refractivity contribution is 0.425. The molecule has 0 aliphatic rings. The van der Waals surface area contributed by atoms with Gasteiger partial charge in [0.2, 0.25) is 0 Å². The molecular weight excluding hydrogens is 245 g/mol. The number of hydrogen-bond acceptors (Lipinski definition) is 2. The molecule has 1 aromatic rings. The van der Waals surface area contributed by atoms with Crippen molar-refractivity contribution in [1.82, 2.24) is 0 Å². The van der Waals surface area contributed by atoms with Crippen LogP contribution >= 0.6 is 0 Å². The number of benzene rings is 1. The smallest absolute Gasteiger partial charge is 0.318 e. The Labute approximate surface area is 111 Å². The van der Waals surface area contributed by atoms with Crippen LogP contribution in [0.25, 0.3) is 0 Å². The summed E-state index contributed by atoms with van der Waals surface area (Å²) < 4.78 is 18.5. The maximum absolute atomic E-state index is 13.1. The molecule has 2 nitrogen and oxygen atoms in total. The molecule has 4 heteroatoms. The van der Waals surface area contributed by atoms with Crippen molar-refractivity contribution in [2.75, 3.05) is 0 Å². The van der Waals surface area contributed by atoms with E-state index in [1.54, 1.807) is 12.3 Å². The highest BCUT2D eigenvalue weighted by molar-refractivity contribution is 6.32. The first kappa shape index (κ1) is 14.6. The maximum Gasteiger partial charge on any atom is 0.318 e. The first-order valence-corrected chi connectivity index (χ1v) is 6.62. The molecule has 1 aromatic carbocycles. The molecule has 0 fully saturated rings. The molecule has 0 aliphatic carbocycles. The van der Waals surface area contributed by atoms with E-state index in [4.69, 9.17) is 4.43 Å². The van der Waals surface area contributed by atoms with Gasteiger partial charge in [0.05, 0.1) is 0 Å². The van der Waals surface area contributed by atoms with Gasteiger partial charge in [-0.05, 0) is 41.8 Å². The van der Waals surface area contributed by atoms with E-state index < -0.39 is 0 Å². The number of rotatable bonds is 4. The quantitative estimate of drug-likeness (QED) is 0.459. The minimum atomic E-state index is -0.273. The highest BCUT2D eigenvalue weighted by Gasteiger charge is 2.14. The maximum atomic E-state index is 13.1. The molecule has 0 unspecified atom stereocenters. The highest BCUT2D eigenvalue weighted by atomic mass is 28.2. The molecule has 0 aliphatic heterocycles. The Kier molecular flexibility index (Phi) is 4.84. The summed E-state index contributed by atoms with van der Waals surface area (Å²) in [6.07, 6.45) is 1.58. The Morgan fingerprint density at radius 2 is 2.11 bits per heavy atom. The minimum absolute atomic E-state index is 0.0905. The van der Waals surface area contributed by atoms with Crippen molar-refractivity contribution in [2.24, 2.45) is 4.99 Å².